The zero-order valence-electron chi connectivity index (χ0n) is 13.5. The van der Waals surface area contributed by atoms with Crippen LogP contribution in [-0.2, 0) is 4.79 Å². The molecule has 0 heterocycles. The molecule has 0 bridgehead atoms. The van der Waals surface area contributed by atoms with Gasteiger partial charge in [0.05, 0.1) is 17.2 Å². The normalized spacial score (nSPS) is 11.0. The zero-order valence-corrected chi connectivity index (χ0v) is 16.7. The number of anilines is 1. The van der Waals surface area contributed by atoms with Crippen molar-refractivity contribution in [2.24, 2.45) is 5.10 Å². The number of nitrogens with zero attached hydrogens (tertiary/aromatic N) is 1. The van der Waals surface area contributed by atoms with Crippen LogP contribution in [0.25, 0.3) is 10.8 Å². The van der Waals surface area contributed by atoms with Gasteiger partial charge in [0.25, 0.3) is 5.91 Å². The van der Waals surface area contributed by atoms with Crippen LogP contribution in [0.2, 0.25) is 0 Å². The number of rotatable bonds is 5. The topological polar surface area (TPSA) is 73.7 Å². The van der Waals surface area contributed by atoms with Crippen molar-refractivity contribution in [3.8, 4) is 5.75 Å². The minimum absolute atomic E-state index is 0.0560. The molecule has 26 heavy (non-hydrogen) atoms. The Morgan fingerprint density at radius 1 is 1.08 bits per heavy atom. The lowest BCUT2D eigenvalue weighted by Gasteiger charge is -2.07. The van der Waals surface area contributed by atoms with Gasteiger partial charge in [-0.2, -0.15) is 5.10 Å². The van der Waals surface area contributed by atoms with Gasteiger partial charge in [-0.15, -0.1) is 0 Å². The number of carbonyl (C=O) groups is 1. The van der Waals surface area contributed by atoms with Crippen molar-refractivity contribution in [3.05, 3.63) is 69.1 Å². The molecule has 0 aliphatic carbocycles. The molecule has 3 aromatic rings. The lowest BCUT2D eigenvalue weighted by atomic mass is 10.1. The molecular weight excluding hydrogens is 462 g/mol. The van der Waals surface area contributed by atoms with Crippen molar-refractivity contribution in [1.82, 2.24) is 5.43 Å². The number of benzene rings is 3. The van der Waals surface area contributed by atoms with E-state index in [1.165, 1.54) is 6.21 Å². The number of halogens is 2. The van der Waals surface area contributed by atoms with Crippen molar-refractivity contribution in [2.45, 2.75) is 0 Å². The summed E-state index contributed by atoms with van der Waals surface area (Å²) >= 11 is 6.58. The van der Waals surface area contributed by atoms with Crippen LogP contribution in [0.3, 0.4) is 0 Å². The van der Waals surface area contributed by atoms with Crippen molar-refractivity contribution in [2.75, 3.05) is 11.9 Å². The van der Waals surface area contributed by atoms with E-state index < -0.39 is 0 Å². The number of hydrogen-bond donors (Lipinski definition) is 3. The first-order chi connectivity index (χ1) is 12.5. The molecule has 7 heteroatoms. The van der Waals surface area contributed by atoms with E-state index in [0.29, 0.717) is 10.0 Å². The number of hydrazone groups is 1. The van der Waals surface area contributed by atoms with Gasteiger partial charge in [-0.1, -0.05) is 46.3 Å². The minimum Gasteiger partial charge on any atom is -0.506 e. The number of phenols is 1. The molecule has 0 aliphatic heterocycles. The van der Waals surface area contributed by atoms with E-state index in [4.69, 9.17) is 0 Å². The molecule has 0 unspecified atom stereocenters. The Kier molecular flexibility index (Phi) is 5.90. The molecular formula is C19H15Br2N3O2. The van der Waals surface area contributed by atoms with Crippen LogP contribution in [0.15, 0.2) is 68.6 Å². The number of amides is 1. The van der Waals surface area contributed by atoms with Gasteiger partial charge in [0.15, 0.2) is 0 Å². The molecule has 3 aromatic carbocycles. The van der Waals surface area contributed by atoms with E-state index in [2.05, 4.69) is 47.7 Å². The van der Waals surface area contributed by atoms with Crippen LogP contribution in [-0.4, -0.2) is 23.8 Å². The molecule has 0 spiro atoms. The summed E-state index contributed by atoms with van der Waals surface area (Å²) in [6.07, 6.45) is 1.39. The van der Waals surface area contributed by atoms with Gasteiger partial charge in [0.2, 0.25) is 0 Å². The maximum absolute atomic E-state index is 11.9. The molecule has 3 N–H and O–H groups in total. The van der Waals surface area contributed by atoms with E-state index in [1.54, 1.807) is 12.1 Å². The van der Waals surface area contributed by atoms with E-state index in [0.717, 1.165) is 20.9 Å². The molecule has 0 atom stereocenters. The van der Waals surface area contributed by atoms with Gasteiger partial charge < -0.3 is 10.4 Å². The number of fused-ring (bicyclic) bond motifs is 1. The molecule has 0 saturated heterocycles. The van der Waals surface area contributed by atoms with Crippen molar-refractivity contribution in [3.63, 3.8) is 0 Å². The number of carbonyl (C=O) groups excluding carboxylic acids is 1. The first kappa shape index (κ1) is 18.4. The largest absolute Gasteiger partial charge is 0.506 e. The Bertz CT molecular complexity index is 990. The van der Waals surface area contributed by atoms with E-state index >= 15 is 0 Å². The van der Waals surface area contributed by atoms with Crippen LogP contribution in [0.1, 0.15) is 5.56 Å². The van der Waals surface area contributed by atoms with Crippen LogP contribution in [0, 0.1) is 0 Å². The SMILES string of the molecule is O=C(CNc1ccc2ccccc2c1)N/N=C/c1cc(Br)cc(Br)c1O. The molecule has 0 saturated carbocycles. The van der Waals surface area contributed by atoms with Gasteiger partial charge in [0, 0.05) is 15.7 Å². The Hall–Kier alpha value is -2.38. The molecule has 0 fully saturated rings. The van der Waals surface area contributed by atoms with Crippen molar-refractivity contribution in [1.29, 1.82) is 0 Å². The number of hydrogen-bond acceptors (Lipinski definition) is 4. The third-order valence-corrected chi connectivity index (χ3v) is 4.72. The molecule has 132 valence electrons. The second-order valence-corrected chi connectivity index (χ2v) is 7.30. The van der Waals surface area contributed by atoms with Gasteiger partial charge in [-0.25, -0.2) is 5.43 Å². The fourth-order valence-corrected chi connectivity index (χ4v) is 3.64. The van der Waals surface area contributed by atoms with Crippen molar-refractivity contribution >= 4 is 60.4 Å². The van der Waals surface area contributed by atoms with Gasteiger partial charge in [-0.3, -0.25) is 4.79 Å². The first-order valence-corrected chi connectivity index (χ1v) is 9.34. The summed E-state index contributed by atoms with van der Waals surface area (Å²) in [5.74, 6) is -0.233. The highest BCUT2D eigenvalue weighted by atomic mass is 79.9. The maximum atomic E-state index is 11.9. The number of nitrogens with one attached hydrogen (secondary N) is 2. The Labute approximate surface area is 167 Å². The summed E-state index contributed by atoms with van der Waals surface area (Å²) in [5, 5.41) is 19.1. The van der Waals surface area contributed by atoms with Crippen LogP contribution in [0.5, 0.6) is 5.75 Å². The molecule has 1 amide bonds. The standard InChI is InChI=1S/C19H15Br2N3O2/c20-15-7-14(19(26)17(21)9-15)10-23-24-18(25)11-22-16-6-5-12-3-1-2-4-13(12)8-16/h1-10,22,26H,11H2,(H,24,25)/b23-10+. The highest BCUT2D eigenvalue weighted by Crippen LogP contribution is 2.30. The maximum Gasteiger partial charge on any atom is 0.259 e. The Balaban J connectivity index is 1.57. The smallest absolute Gasteiger partial charge is 0.259 e. The van der Waals surface area contributed by atoms with Crippen LogP contribution in [0.4, 0.5) is 5.69 Å². The lowest BCUT2D eigenvalue weighted by Crippen LogP contribution is -2.25. The Morgan fingerprint density at radius 3 is 2.65 bits per heavy atom. The second kappa shape index (κ2) is 8.33. The monoisotopic (exact) mass is 475 g/mol. The first-order valence-electron chi connectivity index (χ1n) is 7.75. The third kappa shape index (κ3) is 4.62. The van der Waals surface area contributed by atoms with Gasteiger partial charge >= 0.3 is 0 Å². The Morgan fingerprint density at radius 2 is 1.85 bits per heavy atom. The summed E-state index contributed by atoms with van der Waals surface area (Å²) in [6.45, 7) is 0.0871. The van der Waals surface area contributed by atoms with E-state index in [-0.39, 0.29) is 18.2 Å². The van der Waals surface area contributed by atoms with Gasteiger partial charge in [0.1, 0.15) is 5.75 Å². The fraction of sp³-hybridized carbons (Fsp3) is 0.0526. The molecule has 0 radical (unpaired) electrons. The quantitative estimate of drug-likeness (QED) is 0.371. The minimum atomic E-state index is -0.289. The van der Waals surface area contributed by atoms with E-state index in [1.807, 2.05) is 42.5 Å². The van der Waals surface area contributed by atoms with E-state index in [9.17, 15) is 9.90 Å². The number of phenolic OH excluding ortho intramolecular Hbond substituents is 1. The summed E-state index contributed by atoms with van der Waals surface area (Å²) in [5.41, 5.74) is 3.77. The number of aromatic hydroxyl groups is 1. The lowest BCUT2D eigenvalue weighted by molar-refractivity contribution is -0.119. The highest BCUT2D eigenvalue weighted by molar-refractivity contribution is 9.11. The predicted octanol–water partition coefficient (Wildman–Crippen LogP) is 4.63. The summed E-state index contributed by atoms with van der Waals surface area (Å²) in [4.78, 5) is 11.9. The van der Waals surface area contributed by atoms with Crippen molar-refractivity contribution < 1.29 is 9.90 Å². The van der Waals surface area contributed by atoms with Crippen LogP contribution >= 0.6 is 31.9 Å². The zero-order chi connectivity index (χ0) is 18.5. The van der Waals surface area contributed by atoms with Crippen LogP contribution < -0.4 is 10.7 Å². The average molecular weight is 477 g/mol. The molecule has 0 aliphatic rings. The summed E-state index contributed by atoms with van der Waals surface area (Å²) in [7, 11) is 0. The second-order valence-electron chi connectivity index (χ2n) is 5.53. The molecule has 0 aromatic heterocycles. The predicted molar refractivity (Wildman–Crippen MR) is 112 cm³/mol. The van der Waals surface area contributed by atoms with Gasteiger partial charge in [-0.05, 0) is 51.0 Å². The fourth-order valence-electron chi connectivity index (χ4n) is 2.38. The average Bonchev–Trinajstić information content (AvgIpc) is 2.63. The third-order valence-electron chi connectivity index (χ3n) is 3.65. The highest BCUT2D eigenvalue weighted by Gasteiger charge is 2.06. The molecule has 5 nitrogen and oxygen atoms in total. The summed E-state index contributed by atoms with van der Waals surface area (Å²) < 4.78 is 1.32. The summed E-state index contributed by atoms with van der Waals surface area (Å²) in [6, 6.07) is 17.4. The molecule has 3 rings (SSSR count).